The topological polar surface area (TPSA) is 55.2 Å². The van der Waals surface area contributed by atoms with Crippen molar-refractivity contribution < 1.29 is 4.92 Å². The summed E-state index contributed by atoms with van der Waals surface area (Å²) in [5.74, 6) is 0. The van der Waals surface area contributed by atoms with Crippen molar-refractivity contribution in [2.24, 2.45) is 0 Å². The second kappa shape index (κ2) is 7.55. The Morgan fingerprint density at radius 2 is 1.90 bits per heavy atom. The van der Waals surface area contributed by atoms with Crippen LogP contribution in [-0.2, 0) is 13.0 Å². The van der Waals surface area contributed by atoms with E-state index in [9.17, 15) is 10.1 Å². The maximum Gasteiger partial charge on any atom is 0.273 e. The number of aryl methyl sites for hydroxylation is 2. The highest BCUT2D eigenvalue weighted by atomic mass is 16.6. The SMILES string of the molecule is Cc1ccc([N+](=O)[O-])c(CNCCCc2ccccc2)c1. The Hall–Kier alpha value is -2.20. The third-order valence-corrected chi connectivity index (χ3v) is 3.41. The van der Waals surface area contributed by atoms with Gasteiger partial charge in [0, 0.05) is 18.2 Å². The van der Waals surface area contributed by atoms with Crippen LogP contribution in [0.1, 0.15) is 23.1 Å². The molecular weight excluding hydrogens is 264 g/mol. The molecule has 0 aliphatic carbocycles. The molecule has 0 aromatic heterocycles. The first-order valence-corrected chi connectivity index (χ1v) is 7.15. The minimum Gasteiger partial charge on any atom is -0.312 e. The Labute approximate surface area is 125 Å². The van der Waals surface area contributed by atoms with Crippen LogP contribution in [0.4, 0.5) is 5.69 Å². The zero-order valence-corrected chi connectivity index (χ0v) is 12.2. The maximum atomic E-state index is 11.0. The number of nitrogens with one attached hydrogen (secondary N) is 1. The van der Waals surface area contributed by atoms with Crippen LogP contribution in [0.2, 0.25) is 0 Å². The van der Waals surface area contributed by atoms with Gasteiger partial charge >= 0.3 is 0 Å². The van der Waals surface area contributed by atoms with E-state index in [1.165, 1.54) is 5.56 Å². The zero-order chi connectivity index (χ0) is 15.1. The van der Waals surface area contributed by atoms with E-state index in [4.69, 9.17) is 0 Å². The molecule has 0 aliphatic heterocycles. The van der Waals surface area contributed by atoms with Gasteiger partial charge in [0.25, 0.3) is 5.69 Å². The molecule has 0 atom stereocenters. The molecule has 0 amide bonds. The quantitative estimate of drug-likeness (QED) is 0.480. The normalized spacial score (nSPS) is 10.5. The molecule has 110 valence electrons. The zero-order valence-electron chi connectivity index (χ0n) is 12.2. The van der Waals surface area contributed by atoms with Crippen LogP contribution in [0.3, 0.4) is 0 Å². The Balaban J connectivity index is 1.81. The number of rotatable bonds is 7. The van der Waals surface area contributed by atoms with Crippen LogP contribution in [-0.4, -0.2) is 11.5 Å². The first-order valence-electron chi connectivity index (χ1n) is 7.15. The Morgan fingerprint density at radius 1 is 1.14 bits per heavy atom. The van der Waals surface area contributed by atoms with E-state index in [2.05, 4.69) is 17.4 Å². The van der Waals surface area contributed by atoms with Gasteiger partial charge in [0.15, 0.2) is 0 Å². The Kier molecular flexibility index (Phi) is 5.46. The van der Waals surface area contributed by atoms with Crippen LogP contribution in [0.15, 0.2) is 48.5 Å². The van der Waals surface area contributed by atoms with Gasteiger partial charge in [-0.1, -0.05) is 42.0 Å². The van der Waals surface area contributed by atoms with Crippen molar-refractivity contribution in [1.29, 1.82) is 0 Å². The lowest BCUT2D eigenvalue weighted by atomic mass is 10.1. The first-order chi connectivity index (χ1) is 10.2. The highest BCUT2D eigenvalue weighted by Gasteiger charge is 2.12. The summed E-state index contributed by atoms with van der Waals surface area (Å²) in [5, 5.41) is 14.3. The van der Waals surface area contributed by atoms with Gasteiger partial charge in [-0.15, -0.1) is 0 Å². The summed E-state index contributed by atoms with van der Waals surface area (Å²) in [7, 11) is 0. The summed E-state index contributed by atoms with van der Waals surface area (Å²) in [5.41, 5.74) is 3.30. The summed E-state index contributed by atoms with van der Waals surface area (Å²) in [6, 6.07) is 15.6. The van der Waals surface area contributed by atoms with Gasteiger partial charge in [-0.25, -0.2) is 0 Å². The minimum atomic E-state index is -0.319. The molecule has 1 N–H and O–H groups in total. The summed E-state index contributed by atoms with van der Waals surface area (Å²) in [6.07, 6.45) is 2.04. The largest absolute Gasteiger partial charge is 0.312 e. The van der Waals surface area contributed by atoms with E-state index in [1.807, 2.05) is 31.2 Å². The molecule has 4 heteroatoms. The molecule has 0 heterocycles. The molecule has 2 aromatic carbocycles. The number of nitro benzene ring substituents is 1. The fourth-order valence-corrected chi connectivity index (χ4v) is 2.32. The first kappa shape index (κ1) is 15.2. The molecule has 2 aromatic rings. The van der Waals surface area contributed by atoms with Gasteiger partial charge < -0.3 is 5.32 Å². The minimum absolute atomic E-state index is 0.191. The third-order valence-electron chi connectivity index (χ3n) is 3.41. The Morgan fingerprint density at radius 3 is 2.62 bits per heavy atom. The molecule has 0 aliphatic rings. The predicted octanol–water partition coefficient (Wildman–Crippen LogP) is 3.63. The van der Waals surface area contributed by atoms with Crippen molar-refractivity contribution in [3.8, 4) is 0 Å². The van der Waals surface area contributed by atoms with Crippen molar-refractivity contribution in [1.82, 2.24) is 5.32 Å². The molecule has 0 saturated carbocycles. The third kappa shape index (κ3) is 4.68. The van der Waals surface area contributed by atoms with E-state index < -0.39 is 0 Å². The maximum absolute atomic E-state index is 11.0. The molecule has 0 unspecified atom stereocenters. The summed E-state index contributed by atoms with van der Waals surface area (Å²) in [4.78, 5) is 10.7. The van der Waals surface area contributed by atoms with Crippen molar-refractivity contribution >= 4 is 5.69 Å². The van der Waals surface area contributed by atoms with Crippen molar-refractivity contribution in [3.63, 3.8) is 0 Å². The van der Waals surface area contributed by atoms with Crippen molar-refractivity contribution in [3.05, 3.63) is 75.3 Å². The molecule has 4 nitrogen and oxygen atoms in total. The van der Waals surface area contributed by atoms with Gasteiger partial charge in [-0.2, -0.15) is 0 Å². The standard InChI is InChI=1S/C17H20N2O2/c1-14-9-10-17(19(20)21)16(12-14)13-18-11-5-8-15-6-3-2-4-7-15/h2-4,6-7,9-10,12,18H,5,8,11,13H2,1H3. The molecule has 0 bridgehead atoms. The molecule has 2 rings (SSSR count). The molecule has 0 saturated heterocycles. The lowest BCUT2D eigenvalue weighted by Crippen LogP contribution is -2.16. The van der Waals surface area contributed by atoms with E-state index in [0.717, 1.165) is 30.5 Å². The second-order valence-electron chi connectivity index (χ2n) is 5.16. The average molecular weight is 284 g/mol. The van der Waals surface area contributed by atoms with Crippen LogP contribution >= 0.6 is 0 Å². The number of nitro groups is 1. The number of benzene rings is 2. The smallest absolute Gasteiger partial charge is 0.273 e. The van der Waals surface area contributed by atoms with Crippen LogP contribution in [0, 0.1) is 17.0 Å². The van der Waals surface area contributed by atoms with Crippen molar-refractivity contribution in [2.75, 3.05) is 6.54 Å². The van der Waals surface area contributed by atoms with Gasteiger partial charge in [0.2, 0.25) is 0 Å². The fourth-order valence-electron chi connectivity index (χ4n) is 2.32. The lowest BCUT2D eigenvalue weighted by Gasteiger charge is -2.07. The van der Waals surface area contributed by atoms with E-state index in [0.29, 0.717) is 6.54 Å². The fraction of sp³-hybridized carbons (Fsp3) is 0.294. The van der Waals surface area contributed by atoms with Crippen LogP contribution < -0.4 is 5.32 Å². The van der Waals surface area contributed by atoms with Crippen LogP contribution in [0.25, 0.3) is 0 Å². The van der Waals surface area contributed by atoms with E-state index >= 15 is 0 Å². The highest BCUT2D eigenvalue weighted by Crippen LogP contribution is 2.19. The summed E-state index contributed by atoms with van der Waals surface area (Å²) in [6.45, 7) is 3.33. The number of hydrogen-bond donors (Lipinski definition) is 1. The monoisotopic (exact) mass is 284 g/mol. The molecule has 0 radical (unpaired) electrons. The molecule has 0 spiro atoms. The average Bonchev–Trinajstić information content (AvgIpc) is 2.48. The lowest BCUT2D eigenvalue weighted by molar-refractivity contribution is -0.385. The van der Waals surface area contributed by atoms with Crippen molar-refractivity contribution in [2.45, 2.75) is 26.3 Å². The van der Waals surface area contributed by atoms with E-state index in [1.54, 1.807) is 12.1 Å². The Bertz CT molecular complexity index is 597. The number of hydrogen-bond acceptors (Lipinski definition) is 3. The highest BCUT2D eigenvalue weighted by molar-refractivity contribution is 5.42. The predicted molar refractivity (Wildman–Crippen MR) is 84.3 cm³/mol. The second-order valence-corrected chi connectivity index (χ2v) is 5.16. The van der Waals surface area contributed by atoms with Gasteiger partial charge in [0.05, 0.1) is 4.92 Å². The molecular formula is C17H20N2O2. The summed E-state index contributed by atoms with van der Waals surface area (Å²) < 4.78 is 0. The molecule has 0 fully saturated rings. The van der Waals surface area contributed by atoms with Gasteiger partial charge in [-0.05, 0) is 37.9 Å². The number of nitrogens with zero attached hydrogens (tertiary/aromatic N) is 1. The van der Waals surface area contributed by atoms with Gasteiger partial charge in [0.1, 0.15) is 0 Å². The summed E-state index contributed by atoms with van der Waals surface area (Å²) >= 11 is 0. The molecule has 21 heavy (non-hydrogen) atoms. The van der Waals surface area contributed by atoms with Crippen LogP contribution in [0.5, 0.6) is 0 Å². The van der Waals surface area contributed by atoms with Gasteiger partial charge in [-0.3, -0.25) is 10.1 Å². The van der Waals surface area contributed by atoms with E-state index in [-0.39, 0.29) is 10.6 Å².